The highest BCUT2D eigenvalue weighted by Crippen LogP contribution is 2.34. The molecule has 1 fully saturated rings. The van der Waals surface area contributed by atoms with Crippen molar-refractivity contribution in [3.63, 3.8) is 0 Å². The number of nitrogens with zero attached hydrogens (tertiary/aromatic N) is 2. The van der Waals surface area contributed by atoms with E-state index in [0.29, 0.717) is 36.9 Å². The van der Waals surface area contributed by atoms with Crippen LogP contribution in [-0.4, -0.2) is 62.7 Å². The number of anilines is 2. The Morgan fingerprint density at radius 3 is 2.65 bits per heavy atom. The van der Waals surface area contributed by atoms with Gasteiger partial charge in [-0.3, -0.25) is 14.5 Å². The summed E-state index contributed by atoms with van der Waals surface area (Å²) in [5.74, 6) is -0.153. The summed E-state index contributed by atoms with van der Waals surface area (Å²) in [6.07, 6.45) is 2.99. The normalized spacial score (nSPS) is 16.8. The van der Waals surface area contributed by atoms with Gasteiger partial charge in [0, 0.05) is 37.9 Å². The second kappa shape index (κ2) is 9.72. The van der Waals surface area contributed by atoms with Gasteiger partial charge >= 0.3 is 0 Å². The van der Waals surface area contributed by atoms with Gasteiger partial charge in [0.1, 0.15) is 11.6 Å². The molecule has 1 N–H and O–H groups in total. The fraction of sp³-hybridized carbons (Fsp3) is 0.304. The standard InChI is InChI=1S/C23H24FN3O4/c24-18-4-1-17(2-5-18)3-8-22(28)25-19-6-7-21-20(15-19)27(23(29)16-31-21)10-9-26-11-13-30-14-12-26/h1-8,15H,9-14,16H2,(H,25,28)/b8-3+. The predicted octanol–water partition coefficient (Wildman–Crippen LogP) is 2.54. The molecule has 162 valence electrons. The van der Waals surface area contributed by atoms with Crippen LogP contribution in [0.15, 0.2) is 48.5 Å². The van der Waals surface area contributed by atoms with Crippen molar-refractivity contribution in [1.82, 2.24) is 4.90 Å². The highest BCUT2D eigenvalue weighted by atomic mass is 19.1. The lowest BCUT2D eigenvalue weighted by atomic mass is 10.2. The molecule has 7 nitrogen and oxygen atoms in total. The first-order chi connectivity index (χ1) is 15.1. The van der Waals surface area contributed by atoms with Gasteiger partial charge in [0.05, 0.1) is 18.9 Å². The summed E-state index contributed by atoms with van der Waals surface area (Å²) in [6.45, 7) is 4.39. The minimum Gasteiger partial charge on any atom is -0.482 e. The maximum Gasteiger partial charge on any atom is 0.265 e. The Labute approximate surface area is 180 Å². The first-order valence-corrected chi connectivity index (χ1v) is 10.2. The second-order valence-electron chi connectivity index (χ2n) is 7.34. The van der Waals surface area contributed by atoms with Crippen LogP contribution in [-0.2, 0) is 14.3 Å². The van der Waals surface area contributed by atoms with Crippen molar-refractivity contribution in [2.24, 2.45) is 0 Å². The van der Waals surface area contributed by atoms with Crippen LogP contribution in [0.25, 0.3) is 6.08 Å². The van der Waals surface area contributed by atoms with E-state index in [2.05, 4.69) is 10.2 Å². The molecule has 0 atom stereocenters. The molecule has 8 heteroatoms. The number of carbonyl (C=O) groups excluding carboxylic acids is 2. The molecule has 0 unspecified atom stereocenters. The third-order valence-corrected chi connectivity index (χ3v) is 5.21. The number of hydrogen-bond acceptors (Lipinski definition) is 5. The third kappa shape index (κ3) is 5.48. The van der Waals surface area contributed by atoms with Crippen LogP contribution in [0.3, 0.4) is 0 Å². The van der Waals surface area contributed by atoms with E-state index in [0.717, 1.165) is 25.2 Å². The van der Waals surface area contributed by atoms with Crippen LogP contribution in [0.2, 0.25) is 0 Å². The Bertz CT molecular complexity index is 971. The SMILES string of the molecule is O=C(/C=C/c1ccc(F)cc1)Nc1ccc2c(c1)N(CCN1CCOCC1)C(=O)CO2. The van der Waals surface area contributed by atoms with Gasteiger partial charge in [-0.2, -0.15) is 0 Å². The van der Waals surface area contributed by atoms with E-state index >= 15 is 0 Å². The summed E-state index contributed by atoms with van der Waals surface area (Å²) in [4.78, 5) is 28.7. The molecule has 0 spiro atoms. The molecule has 0 bridgehead atoms. The van der Waals surface area contributed by atoms with Gasteiger partial charge in [-0.1, -0.05) is 12.1 Å². The van der Waals surface area contributed by atoms with Crippen molar-refractivity contribution in [2.75, 3.05) is 56.2 Å². The lowest BCUT2D eigenvalue weighted by Gasteiger charge is -2.33. The Balaban J connectivity index is 1.43. The van der Waals surface area contributed by atoms with Gasteiger partial charge in [0.25, 0.3) is 5.91 Å². The van der Waals surface area contributed by atoms with Crippen LogP contribution in [0.1, 0.15) is 5.56 Å². The number of morpholine rings is 1. The van der Waals surface area contributed by atoms with Crippen molar-refractivity contribution in [1.29, 1.82) is 0 Å². The highest BCUT2D eigenvalue weighted by molar-refractivity contribution is 6.03. The average Bonchev–Trinajstić information content (AvgIpc) is 2.79. The van der Waals surface area contributed by atoms with E-state index in [1.54, 1.807) is 41.3 Å². The molecule has 2 aliphatic rings. The average molecular weight is 425 g/mol. The van der Waals surface area contributed by atoms with Gasteiger partial charge in [0.15, 0.2) is 6.61 Å². The zero-order chi connectivity index (χ0) is 21.6. The van der Waals surface area contributed by atoms with Crippen molar-refractivity contribution in [3.8, 4) is 5.75 Å². The van der Waals surface area contributed by atoms with Gasteiger partial charge < -0.3 is 19.7 Å². The second-order valence-corrected chi connectivity index (χ2v) is 7.34. The molecule has 1 saturated heterocycles. The number of benzene rings is 2. The summed E-state index contributed by atoms with van der Waals surface area (Å²) in [6, 6.07) is 11.1. The van der Waals surface area contributed by atoms with Crippen LogP contribution in [0, 0.1) is 5.82 Å². The number of halogens is 1. The minimum absolute atomic E-state index is 0.00221. The predicted molar refractivity (Wildman–Crippen MR) is 116 cm³/mol. The number of amides is 2. The Kier molecular flexibility index (Phi) is 6.59. The van der Waals surface area contributed by atoms with E-state index in [1.165, 1.54) is 18.2 Å². The molecule has 2 heterocycles. The van der Waals surface area contributed by atoms with Gasteiger partial charge in [-0.25, -0.2) is 4.39 Å². The maximum atomic E-state index is 13.0. The fourth-order valence-corrected chi connectivity index (χ4v) is 3.52. The third-order valence-electron chi connectivity index (χ3n) is 5.21. The minimum atomic E-state index is -0.328. The molecule has 0 aliphatic carbocycles. The summed E-state index contributed by atoms with van der Waals surface area (Å²) in [5.41, 5.74) is 1.92. The van der Waals surface area contributed by atoms with Crippen LogP contribution in [0.4, 0.5) is 15.8 Å². The van der Waals surface area contributed by atoms with E-state index < -0.39 is 0 Å². The molecular formula is C23H24FN3O4. The van der Waals surface area contributed by atoms with E-state index in [4.69, 9.17) is 9.47 Å². The topological polar surface area (TPSA) is 71.1 Å². The fourth-order valence-electron chi connectivity index (χ4n) is 3.52. The van der Waals surface area contributed by atoms with Gasteiger partial charge in [-0.05, 0) is 42.0 Å². The van der Waals surface area contributed by atoms with Crippen molar-refractivity contribution in [2.45, 2.75) is 0 Å². The Hall–Kier alpha value is -3.23. The summed E-state index contributed by atoms with van der Waals surface area (Å²) >= 11 is 0. The zero-order valence-corrected chi connectivity index (χ0v) is 17.1. The van der Waals surface area contributed by atoms with Crippen LogP contribution in [0.5, 0.6) is 5.75 Å². The quantitative estimate of drug-likeness (QED) is 0.721. The van der Waals surface area contributed by atoms with Crippen molar-refractivity contribution >= 4 is 29.3 Å². The number of fused-ring (bicyclic) bond motifs is 1. The van der Waals surface area contributed by atoms with Gasteiger partial charge in [0.2, 0.25) is 5.91 Å². The van der Waals surface area contributed by atoms with Crippen molar-refractivity contribution in [3.05, 3.63) is 59.9 Å². The Morgan fingerprint density at radius 2 is 1.87 bits per heavy atom. The maximum absolute atomic E-state index is 13.0. The lowest BCUT2D eigenvalue weighted by Crippen LogP contribution is -2.45. The van der Waals surface area contributed by atoms with Crippen LogP contribution >= 0.6 is 0 Å². The monoisotopic (exact) mass is 425 g/mol. The smallest absolute Gasteiger partial charge is 0.265 e. The molecule has 2 amide bonds. The largest absolute Gasteiger partial charge is 0.482 e. The van der Waals surface area contributed by atoms with E-state index in [9.17, 15) is 14.0 Å². The molecule has 2 aliphatic heterocycles. The number of rotatable bonds is 6. The highest BCUT2D eigenvalue weighted by Gasteiger charge is 2.26. The summed E-state index contributed by atoms with van der Waals surface area (Å²) in [7, 11) is 0. The molecule has 31 heavy (non-hydrogen) atoms. The number of hydrogen-bond donors (Lipinski definition) is 1. The van der Waals surface area contributed by atoms with E-state index in [-0.39, 0.29) is 24.2 Å². The van der Waals surface area contributed by atoms with Gasteiger partial charge in [-0.15, -0.1) is 0 Å². The first-order valence-electron chi connectivity index (χ1n) is 10.2. The summed E-state index contributed by atoms with van der Waals surface area (Å²) in [5, 5.41) is 2.79. The molecule has 0 saturated carbocycles. The molecule has 0 radical (unpaired) electrons. The number of nitrogens with one attached hydrogen (secondary N) is 1. The molecule has 2 aromatic rings. The first kappa shape index (κ1) is 21.0. The van der Waals surface area contributed by atoms with E-state index in [1.807, 2.05) is 0 Å². The number of ether oxygens (including phenoxy) is 2. The molecular weight excluding hydrogens is 401 g/mol. The zero-order valence-electron chi connectivity index (χ0n) is 17.1. The number of carbonyl (C=O) groups is 2. The molecule has 0 aromatic heterocycles. The summed E-state index contributed by atoms with van der Waals surface area (Å²) < 4.78 is 23.9. The molecule has 4 rings (SSSR count). The lowest BCUT2D eigenvalue weighted by molar-refractivity contribution is -0.121. The van der Waals surface area contributed by atoms with Crippen LogP contribution < -0.4 is 15.0 Å². The molecule has 2 aromatic carbocycles. The van der Waals surface area contributed by atoms with Crippen molar-refractivity contribution < 1.29 is 23.5 Å². The Morgan fingerprint density at radius 1 is 1.10 bits per heavy atom.